The fourth-order valence-electron chi connectivity index (χ4n) is 1.74. The second kappa shape index (κ2) is 2.94. The summed E-state index contributed by atoms with van der Waals surface area (Å²) in [5.41, 5.74) is -0.807. The molecule has 0 aliphatic carbocycles. The summed E-state index contributed by atoms with van der Waals surface area (Å²) in [6.07, 6.45) is 0.224. The smallest absolute Gasteiger partial charge is 0.407 e. The van der Waals surface area contributed by atoms with Crippen LogP contribution in [0.2, 0.25) is 0 Å². The quantitative estimate of drug-likeness (QED) is 0.619. The van der Waals surface area contributed by atoms with Crippen LogP contribution in [0.5, 0.6) is 0 Å². The Kier molecular flexibility index (Phi) is 2.28. The van der Waals surface area contributed by atoms with Gasteiger partial charge in [-0.1, -0.05) is 6.92 Å². The highest BCUT2D eigenvalue weighted by Gasteiger charge is 2.43. The minimum absolute atomic E-state index is 0.278. The summed E-state index contributed by atoms with van der Waals surface area (Å²) < 4.78 is 0. The molecule has 1 aliphatic rings. The van der Waals surface area contributed by atoms with Crippen LogP contribution < -0.4 is 0 Å². The van der Waals surface area contributed by atoms with Crippen LogP contribution >= 0.6 is 0 Å². The van der Waals surface area contributed by atoms with Crippen molar-refractivity contribution in [3.8, 4) is 0 Å². The van der Waals surface area contributed by atoms with E-state index in [1.165, 1.54) is 4.90 Å². The molecule has 1 heterocycles. The third-order valence-electron chi connectivity index (χ3n) is 2.89. The van der Waals surface area contributed by atoms with E-state index in [0.29, 0.717) is 19.4 Å². The summed E-state index contributed by atoms with van der Waals surface area (Å²) in [4.78, 5) is 11.9. The molecule has 4 heteroatoms. The van der Waals surface area contributed by atoms with Gasteiger partial charge in [-0.05, 0) is 19.8 Å². The Morgan fingerprint density at radius 3 is 2.58 bits per heavy atom. The van der Waals surface area contributed by atoms with E-state index in [1.54, 1.807) is 6.92 Å². The van der Waals surface area contributed by atoms with Crippen molar-refractivity contribution in [2.45, 2.75) is 38.3 Å². The molecule has 0 bridgehead atoms. The Morgan fingerprint density at radius 1 is 1.75 bits per heavy atom. The van der Waals surface area contributed by atoms with E-state index in [1.807, 2.05) is 6.92 Å². The first-order chi connectivity index (χ1) is 5.51. The van der Waals surface area contributed by atoms with Crippen molar-refractivity contribution < 1.29 is 15.0 Å². The molecule has 2 atom stereocenters. The Balaban J connectivity index is 2.73. The van der Waals surface area contributed by atoms with Gasteiger partial charge in [0.1, 0.15) is 0 Å². The van der Waals surface area contributed by atoms with Crippen LogP contribution in [0.4, 0.5) is 4.79 Å². The lowest BCUT2D eigenvalue weighted by atomic mass is 9.93. The lowest BCUT2D eigenvalue weighted by Gasteiger charge is -2.28. The van der Waals surface area contributed by atoms with Crippen molar-refractivity contribution in [1.82, 2.24) is 4.90 Å². The van der Waals surface area contributed by atoms with E-state index >= 15 is 0 Å². The predicted octanol–water partition coefficient (Wildman–Crippen LogP) is 0.900. The Morgan fingerprint density at radius 2 is 2.33 bits per heavy atom. The number of hydrogen-bond acceptors (Lipinski definition) is 2. The number of hydrogen-bond donors (Lipinski definition) is 2. The molecule has 1 saturated heterocycles. The Bertz CT molecular complexity index is 195. The number of carbonyl (C=O) groups is 1. The number of rotatable bonds is 1. The fraction of sp³-hybridized carbons (Fsp3) is 0.875. The molecule has 4 nitrogen and oxygen atoms in total. The standard InChI is InChI=1S/C8H15NO3/c1-3-8(12)4-5-9(6(8)2)7(10)11/h6,12H,3-5H2,1-2H3,(H,10,11)/t6-,8-/m0/s1. The lowest BCUT2D eigenvalue weighted by molar-refractivity contribution is 0.00912. The molecular formula is C8H15NO3. The van der Waals surface area contributed by atoms with Gasteiger partial charge in [0, 0.05) is 6.54 Å². The molecular weight excluding hydrogens is 158 g/mol. The lowest BCUT2D eigenvalue weighted by Crippen LogP contribution is -2.43. The minimum atomic E-state index is -0.938. The van der Waals surface area contributed by atoms with Crippen LogP contribution in [0.3, 0.4) is 0 Å². The first-order valence-corrected chi connectivity index (χ1v) is 4.23. The highest BCUT2D eigenvalue weighted by Crippen LogP contribution is 2.30. The van der Waals surface area contributed by atoms with Crippen LogP contribution in [-0.4, -0.2) is 39.4 Å². The summed E-state index contributed by atoms with van der Waals surface area (Å²) in [6.45, 7) is 4.08. The zero-order valence-corrected chi connectivity index (χ0v) is 7.45. The fourth-order valence-corrected chi connectivity index (χ4v) is 1.74. The molecule has 0 saturated carbocycles. The third kappa shape index (κ3) is 1.27. The summed E-state index contributed by atoms with van der Waals surface area (Å²) in [5, 5.41) is 18.6. The SMILES string of the molecule is CC[C@]1(O)CCN(C(=O)O)[C@H]1C. The molecule has 2 N–H and O–H groups in total. The summed E-state index contributed by atoms with van der Waals surface area (Å²) in [5.74, 6) is 0. The number of likely N-dealkylation sites (tertiary alicyclic amines) is 1. The van der Waals surface area contributed by atoms with Crippen LogP contribution in [0.25, 0.3) is 0 Å². The molecule has 0 spiro atoms. The van der Waals surface area contributed by atoms with E-state index in [-0.39, 0.29) is 6.04 Å². The number of nitrogens with zero attached hydrogens (tertiary/aromatic N) is 1. The van der Waals surface area contributed by atoms with Gasteiger partial charge in [-0.25, -0.2) is 4.79 Å². The van der Waals surface area contributed by atoms with Gasteiger partial charge in [-0.15, -0.1) is 0 Å². The average Bonchev–Trinajstić information content (AvgIpc) is 2.30. The maximum Gasteiger partial charge on any atom is 0.407 e. The molecule has 1 amide bonds. The van der Waals surface area contributed by atoms with E-state index in [9.17, 15) is 9.90 Å². The van der Waals surface area contributed by atoms with Crippen molar-refractivity contribution >= 4 is 6.09 Å². The van der Waals surface area contributed by atoms with Crippen molar-refractivity contribution in [1.29, 1.82) is 0 Å². The van der Waals surface area contributed by atoms with E-state index in [2.05, 4.69) is 0 Å². The number of aliphatic hydroxyl groups is 1. The molecule has 1 aliphatic heterocycles. The average molecular weight is 173 g/mol. The second-order valence-corrected chi connectivity index (χ2v) is 3.36. The van der Waals surface area contributed by atoms with Gasteiger partial charge in [0.25, 0.3) is 0 Å². The molecule has 70 valence electrons. The van der Waals surface area contributed by atoms with Gasteiger partial charge < -0.3 is 15.1 Å². The number of carboxylic acid groups (broad SMARTS) is 1. The zero-order chi connectivity index (χ0) is 9.35. The monoisotopic (exact) mass is 173 g/mol. The highest BCUT2D eigenvalue weighted by molar-refractivity contribution is 5.66. The van der Waals surface area contributed by atoms with Gasteiger partial charge in [0.05, 0.1) is 11.6 Å². The van der Waals surface area contributed by atoms with Crippen molar-refractivity contribution in [2.75, 3.05) is 6.54 Å². The van der Waals surface area contributed by atoms with Gasteiger partial charge in [-0.2, -0.15) is 0 Å². The maximum absolute atomic E-state index is 10.6. The molecule has 0 radical (unpaired) electrons. The molecule has 12 heavy (non-hydrogen) atoms. The van der Waals surface area contributed by atoms with Crippen LogP contribution in [-0.2, 0) is 0 Å². The third-order valence-corrected chi connectivity index (χ3v) is 2.89. The minimum Gasteiger partial charge on any atom is -0.465 e. The molecule has 0 unspecified atom stereocenters. The first kappa shape index (κ1) is 9.32. The molecule has 1 fully saturated rings. The molecule has 0 aromatic carbocycles. The summed E-state index contributed by atoms with van der Waals surface area (Å²) in [7, 11) is 0. The van der Waals surface area contributed by atoms with Gasteiger partial charge in [0.2, 0.25) is 0 Å². The first-order valence-electron chi connectivity index (χ1n) is 4.23. The van der Waals surface area contributed by atoms with Crippen molar-refractivity contribution in [2.24, 2.45) is 0 Å². The number of amides is 1. The largest absolute Gasteiger partial charge is 0.465 e. The van der Waals surface area contributed by atoms with Crippen molar-refractivity contribution in [3.63, 3.8) is 0 Å². The van der Waals surface area contributed by atoms with Gasteiger partial charge in [0.15, 0.2) is 0 Å². The van der Waals surface area contributed by atoms with Crippen LogP contribution in [0.15, 0.2) is 0 Å². The van der Waals surface area contributed by atoms with Gasteiger partial charge in [-0.3, -0.25) is 0 Å². The van der Waals surface area contributed by atoms with Crippen LogP contribution in [0, 0.1) is 0 Å². The molecule has 0 aromatic rings. The molecule has 0 aromatic heterocycles. The Labute approximate surface area is 71.8 Å². The Hall–Kier alpha value is -0.770. The zero-order valence-electron chi connectivity index (χ0n) is 7.45. The normalized spacial score (nSPS) is 35.6. The van der Waals surface area contributed by atoms with E-state index in [4.69, 9.17) is 5.11 Å². The summed E-state index contributed by atoms with van der Waals surface area (Å²) in [6, 6.07) is -0.278. The summed E-state index contributed by atoms with van der Waals surface area (Å²) >= 11 is 0. The molecule has 1 rings (SSSR count). The highest BCUT2D eigenvalue weighted by atomic mass is 16.4. The van der Waals surface area contributed by atoms with Gasteiger partial charge >= 0.3 is 6.09 Å². The van der Waals surface area contributed by atoms with E-state index in [0.717, 1.165) is 0 Å². The van der Waals surface area contributed by atoms with Crippen molar-refractivity contribution in [3.05, 3.63) is 0 Å². The maximum atomic E-state index is 10.6. The predicted molar refractivity (Wildman–Crippen MR) is 44.1 cm³/mol. The topological polar surface area (TPSA) is 60.8 Å². The van der Waals surface area contributed by atoms with E-state index < -0.39 is 11.7 Å². The van der Waals surface area contributed by atoms with Crippen LogP contribution in [0.1, 0.15) is 26.7 Å². The second-order valence-electron chi connectivity index (χ2n) is 3.36.